The van der Waals surface area contributed by atoms with Crippen LogP contribution in [0.2, 0.25) is 0 Å². The van der Waals surface area contributed by atoms with E-state index in [2.05, 4.69) is 34.3 Å². The largest absolute Gasteiger partial charge is 0.464 e. The Balaban J connectivity index is 1.74. The third-order valence-corrected chi connectivity index (χ3v) is 8.00. The monoisotopic (exact) mass is 642 g/mol. The molecule has 0 bridgehead atoms. The number of carbonyl (C=O) groups excluding carboxylic acids is 1. The van der Waals surface area contributed by atoms with Gasteiger partial charge in [0.1, 0.15) is 5.82 Å². The zero-order valence-corrected chi connectivity index (χ0v) is 27.2. The SMILES string of the molecule is C=CCOC1(C)CCN(c2c([C@H](OC(C)(C)C)C(=O)OCC)c(C)nc3cc(COCc4ccccc4Br)nn23)CC1. The van der Waals surface area contributed by atoms with Crippen LogP contribution in [0.3, 0.4) is 0 Å². The highest BCUT2D eigenvalue weighted by Gasteiger charge is 2.38. The number of nitrogens with zero attached hydrogens (tertiary/aromatic N) is 4. The molecule has 4 rings (SSSR count). The van der Waals surface area contributed by atoms with Crippen LogP contribution < -0.4 is 4.90 Å². The molecule has 3 heterocycles. The van der Waals surface area contributed by atoms with E-state index in [0.29, 0.717) is 49.8 Å². The zero-order chi connectivity index (χ0) is 30.5. The van der Waals surface area contributed by atoms with Crippen molar-refractivity contribution in [1.29, 1.82) is 0 Å². The van der Waals surface area contributed by atoms with Crippen molar-refractivity contribution in [2.75, 3.05) is 31.2 Å². The topological polar surface area (TPSA) is 87.4 Å². The van der Waals surface area contributed by atoms with Crippen molar-refractivity contribution in [3.63, 3.8) is 0 Å². The fraction of sp³-hybridized carbons (Fsp3) is 0.531. The van der Waals surface area contributed by atoms with Gasteiger partial charge in [-0.2, -0.15) is 9.61 Å². The molecule has 3 aromatic rings. The minimum atomic E-state index is -0.971. The van der Waals surface area contributed by atoms with Crippen molar-refractivity contribution < 1.29 is 23.7 Å². The predicted octanol–water partition coefficient (Wildman–Crippen LogP) is 6.50. The van der Waals surface area contributed by atoms with E-state index in [4.69, 9.17) is 29.0 Å². The minimum absolute atomic E-state index is 0.246. The molecule has 0 amide bonds. The number of hydrogen-bond acceptors (Lipinski definition) is 8. The number of ether oxygens (including phenoxy) is 4. The second-order valence-corrected chi connectivity index (χ2v) is 12.7. The second kappa shape index (κ2) is 13.7. The number of fused-ring (bicyclic) bond motifs is 1. The summed E-state index contributed by atoms with van der Waals surface area (Å²) >= 11 is 3.58. The fourth-order valence-corrected chi connectivity index (χ4v) is 5.52. The van der Waals surface area contributed by atoms with E-state index in [0.717, 1.165) is 34.4 Å². The molecule has 42 heavy (non-hydrogen) atoms. The molecule has 10 heteroatoms. The summed E-state index contributed by atoms with van der Waals surface area (Å²) in [4.78, 5) is 20.5. The van der Waals surface area contributed by atoms with Gasteiger partial charge < -0.3 is 23.8 Å². The molecule has 0 spiro atoms. The van der Waals surface area contributed by atoms with E-state index in [1.807, 2.05) is 62.5 Å². The number of hydrogen-bond donors (Lipinski definition) is 0. The number of anilines is 1. The lowest BCUT2D eigenvalue weighted by atomic mass is 9.92. The molecule has 0 saturated carbocycles. The molecule has 0 radical (unpaired) electrons. The van der Waals surface area contributed by atoms with Gasteiger partial charge in [-0.3, -0.25) is 0 Å². The van der Waals surface area contributed by atoms with E-state index < -0.39 is 17.7 Å². The van der Waals surface area contributed by atoms with Crippen molar-refractivity contribution in [3.05, 3.63) is 70.0 Å². The Morgan fingerprint density at radius 2 is 1.93 bits per heavy atom. The van der Waals surface area contributed by atoms with Gasteiger partial charge in [0.05, 0.1) is 48.9 Å². The summed E-state index contributed by atoms with van der Waals surface area (Å²) in [6.45, 7) is 18.3. The van der Waals surface area contributed by atoms with Gasteiger partial charge in [-0.25, -0.2) is 9.78 Å². The summed E-state index contributed by atoms with van der Waals surface area (Å²) in [5, 5.41) is 4.94. The summed E-state index contributed by atoms with van der Waals surface area (Å²) < 4.78 is 26.9. The highest BCUT2D eigenvalue weighted by molar-refractivity contribution is 9.10. The molecule has 1 saturated heterocycles. The molecule has 0 aliphatic carbocycles. The number of aryl methyl sites for hydroxylation is 1. The number of carbonyl (C=O) groups is 1. The maximum Gasteiger partial charge on any atom is 0.340 e. The number of esters is 1. The van der Waals surface area contributed by atoms with Crippen LogP contribution in [0, 0.1) is 6.92 Å². The first kappa shape index (κ1) is 32.1. The summed E-state index contributed by atoms with van der Waals surface area (Å²) in [6.07, 6.45) is 2.41. The fourth-order valence-electron chi connectivity index (χ4n) is 5.12. The van der Waals surface area contributed by atoms with Crippen LogP contribution in [0.15, 0.2) is 47.5 Å². The second-order valence-electron chi connectivity index (χ2n) is 11.8. The first-order valence-corrected chi connectivity index (χ1v) is 15.3. The van der Waals surface area contributed by atoms with Gasteiger partial charge in [-0.15, -0.1) is 6.58 Å². The lowest BCUT2D eigenvalue weighted by Gasteiger charge is -2.41. The van der Waals surface area contributed by atoms with Crippen molar-refractivity contribution in [2.24, 2.45) is 0 Å². The van der Waals surface area contributed by atoms with Crippen LogP contribution in [-0.4, -0.2) is 58.1 Å². The van der Waals surface area contributed by atoms with Crippen molar-refractivity contribution in [1.82, 2.24) is 14.6 Å². The highest BCUT2D eigenvalue weighted by Crippen LogP contribution is 2.38. The smallest absolute Gasteiger partial charge is 0.340 e. The lowest BCUT2D eigenvalue weighted by Crippen LogP contribution is -2.45. The van der Waals surface area contributed by atoms with Gasteiger partial charge in [-0.05, 0) is 66.0 Å². The van der Waals surface area contributed by atoms with Crippen molar-refractivity contribution in [2.45, 2.75) is 84.9 Å². The van der Waals surface area contributed by atoms with Crippen LogP contribution in [-0.2, 0) is 37.0 Å². The van der Waals surface area contributed by atoms with Gasteiger partial charge >= 0.3 is 5.97 Å². The van der Waals surface area contributed by atoms with Crippen LogP contribution in [0.25, 0.3) is 5.65 Å². The van der Waals surface area contributed by atoms with Gasteiger partial charge in [0.2, 0.25) is 0 Å². The Kier molecular flexibility index (Phi) is 10.5. The van der Waals surface area contributed by atoms with Crippen LogP contribution in [0.4, 0.5) is 5.82 Å². The predicted molar refractivity (Wildman–Crippen MR) is 167 cm³/mol. The average Bonchev–Trinajstić information content (AvgIpc) is 3.33. The number of benzene rings is 1. The Morgan fingerprint density at radius 3 is 2.57 bits per heavy atom. The Hall–Kier alpha value is -2.79. The minimum Gasteiger partial charge on any atom is -0.464 e. The third kappa shape index (κ3) is 7.78. The van der Waals surface area contributed by atoms with E-state index in [1.54, 1.807) is 13.0 Å². The van der Waals surface area contributed by atoms with E-state index in [9.17, 15) is 4.79 Å². The number of halogens is 1. The summed E-state index contributed by atoms with van der Waals surface area (Å²) in [5.74, 6) is 0.334. The molecule has 2 aromatic heterocycles. The van der Waals surface area contributed by atoms with Crippen LogP contribution >= 0.6 is 15.9 Å². The number of piperidine rings is 1. The maximum absolute atomic E-state index is 13.4. The van der Waals surface area contributed by atoms with E-state index in [1.165, 1.54) is 0 Å². The van der Waals surface area contributed by atoms with Crippen molar-refractivity contribution >= 4 is 33.4 Å². The first-order chi connectivity index (χ1) is 19.9. The standard InChI is InChI=1S/C32H43BrN4O5/c1-8-18-41-32(7)14-16-36(17-15-32)29-27(28(30(38)40-9-2)42-31(4,5)6)22(3)34-26-19-24(35-37(26)29)21-39-20-23-12-10-11-13-25(23)33/h8,10-13,19,28H,1,9,14-18,20-21H2,2-7H3/t28-/m0/s1. The van der Waals surface area contributed by atoms with Gasteiger partial charge in [-0.1, -0.05) is 40.2 Å². The maximum atomic E-state index is 13.4. The molecule has 1 aliphatic heterocycles. The molecule has 228 valence electrons. The number of rotatable bonds is 12. The van der Waals surface area contributed by atoms with Gasteiger partial charge in [0.25, 0.3) is 0 Å². The Morgan fingerprint density at radius 1 is 1.21 bits per heavy atom. The zero-order valence-electron chi connectivity index (χ0n) is 25.6. The molecule has 1 atom stereocenters. The molecule has 1 aromatic carbocycles. The van der Waals surface area contributed by atoms with Gasteiger partial charge in [0.15, 0.2) is 11.8 Å². The normalized spacial score (nSPS) is 16.0. The Bertz CT molecular complexity index is 1390. The third-order valence-electron chi connectivity index (χ3n) is 7.22. The molecular formula is C32H43BrN4O5. The molecule has 0 N–H and O–H groups in total. The Labute approximate surface area is 257 Å². The van der Waals surface area contributed by atoms with E-state index >= 15 is 0 Å². The van der Waals surface area contributed by atoms with Crippen LogP contribution in [0.5, 0.6) is 0 Å². The van der Waals surface area contributed by atoms with Crippen LogP contribution in [0.1, 0.15) is 76.1 Å². The lowest BCUT2D eigenvalue weighted by molar-refractivity contribution is -0.166. The molecular weight excluding hydrogens is 600 g/mol. The molecule has 9 nitrogen and oxygen atoms in total. The number of aromatic nitrogens is 3. The molecule has 1 fully saturated rings. The average molecular weight is 644 g/mol. The first-order valence-electron chi connectivity index (χ1n) is 14.5. The molecule has 1 aliphatic rings. The van der Waals surface area contributed by atoms with Gasteiger partial charge in [0, 0.05) is 29.3 Å². The quantitative estimate of drug-likeness (QED) is 0.163. The molecule has 0 unspecified atom stereocenters. The highest BCUT2D eigenvalue weighted by atomic mass is 79.9. The summed E-state index contributed by atoms with van der Waals surface area (Å²) in [5.41, 5.74) is 2.97. The summed E-state index contributed by atoms with van der Waals surface area (Å²) in [7, 11) is 0. The summed E-state index contributed by atoms with van der Waals surface area (Å²) in [6, 6.07) is 9.92. The van der Waals surface area contributed by atoms with E-state index in [-0.39, 0.29) is 12.2 Å². The van der Waals surface area contributed by atoms with Crippen molar-refractivity contribution in [3.8, 4) is 0 Å².